The summed E-state index contributed by atoms with van der Waals surface area (Å²) in [5, 5.41) is 29.2. The van der Waals surface area contributed by atoms with Gasteiger partial charge in [0.15, 0.2) is 0 Å². The first-order valence-electron chi connectivity index (χ1n) is 11.0. The number of benzene rings is 1. The topological polar surface area (TPSA) is 77.8 Å². The number of carboxylic acids is 1. The van der Waals surface area contributed by atoms with E-state index < -0.39 is 5.97 Å². The Hall–Kier alpha value is -2.75. The van der Waals surface area contributed by atoms with Crippen molar-refractivity contribution in [3.63, 3.8) is 0 Å². The van der Waals surface area contributed by atoms with Crippen LogP contribution in [0.4, 0.5) is 0 Å². The summed E-state index contributed by atoms with van der Waals surface area (Å²) in [6.07, 6.45) is 13.6. The molecule has 4 heteroatoms. The SMILES string of the molecule is CC(C)=CCC/C(=C\CC/C(C)=C/CC/C(C)=C/Cc1cc(O)cc(C)c1O)C(=O)O. The van der Waals surface area contributed by atoms with Crippen LogP contribution in [0.25, 0.3) is 0 Å². The zero-order valence-corrected chi connectivity index (χ0v) is 19.7. The molecular formula is C27H38O4. The first-order chi connectivity index (χ1) is 14.6. The highest BCUT2D eigenvalue weighted by Gasteiger charge is 2.06. The fourth-order valence-electron chi connectivity index (χ4n) is 3.31. The van der Waals surface area contributed by atoms with Crippen LogP contribution in [0.3, 0.4) is 0 Å². The number of aliphatic carboxylic acids is 1. The number of phenols is 2. The molecule has 0 aliphatic rings. The van der Waals surface area contributed by atoms with E-state index in [-0.39, 0.29) is 11.5 Å². The normalized spacial score (nSPS) is 12.7. The third kappa shape index (κ3) is 10.7. The minimum atomic E-state index is -0.822. The van der Waals surface area contributed by atoms with Crippen molar-refractivity contribution in [3.8, 4) is 11.5 Å². The zero-order valence-electron chi connectivity index (χ0n) is 19.7. The summed E-state index contributed by atoms with van der Waals surface area (Å²) in [5.41, 5.74) is 5.61. The maximum Gasteiger partial charge on any atom is 0.331 e. The van der Waals surface area contributed by atoms with Gasteiger partial charge in [0.2, 0.25) is 0 Å². The Labute approximate surface area is 187 Å². The minimum Gasteiger partial charge on any atom is -0.508 e. The molecule has 3 N–H and O–H groups in total. The maximum absolute atomic E-state index is 11.4. The lowest BCUT2D eigenvalue weighted by Gasteiger charge is -2.07. The van der Waals surface area contributed by atoms with Crippen molar-refractivity contribution in [2.75, 3.05) is 0 Å². The van der Waals surface area contributed by atoms with Crippen LogP contribution >= 0.6 is 0 Å². The van der Waals surface area contributed by atoms with Crippen LogP contribution in [0, 0.1) is 6.92 Å². The lowest BCUT2D eigenvalue weighted by molar-refractivity contribution is -0.132. The van der Waals surface area contributed by atoms with Gasteiger partial charge in [-0.25, -0.2) is 4.79 Å². The van der Waals surface area contributed by atoms with Crippen molar-refractivity contribution < 1.29 is 20.1 Å². The Kier molecular flexibility index (Phi) is 11.5. The van der Waals surface area contributed by atoms with Crippen LogP contribution in [-0.4, -0.2) is 21.3 Å². The van der Waals surface area contributed by atoms with Gasteiger partial charge >= 0.3 is 5.97 Å². The predicted octanol–water partition coefficient (Wildman–Crippen LogP) is 7.16. The Morgan fingerprint density at radius 2 is 1.42 bits per heavy atom. The molecule has 0 saturated heterocycles. The van der Waals surface area contributed by atoms with Crippen LogP contribution in [0.15, 0.2) is 58.7 Å². The second-order valence-electron chi connectivity index (χ2n) is 8.51. The van der Waals surface area contributed by atoms with Crippen molar-refractivity contribution in [2.45, 2.75) is 79.6 Å². The molecule has 1 aromatic rings. The van der Waals surface area contributed by atoms with Gasteiger partial charge in [0, 0.05) is 11.1 Å². The molecule has 0 fully saturated rings. The summed E-state index contributed by atoms with van der Waals surface area (Å²) in [6, 6.07) is 3.16. The van der Waals surface area contributed by atoms with Crippen LogP contribution in [0.5, 0.6) is 11.5 Å². The van der Waals surface area contributed by atoms with Gasteiger partial charge in [-0.3, -0.25) is 0 Å². The summed E-state index contributed by atoms with van der Waals surface area (Å²) in [5.74, 6) is -0.406. The van der Waals surface area contributed by atoms with Gasteiger partial charge in [0.05, 0.1) is 0 Å². The molecule has 0 spiro atoms. The highest BCUT2D eigenvalue weighted by atomic mass is 16.4. The first-order valence-corrected chi connectivity index (χ1v) is 11.0. The van der Waals surface area contributed by atoms with Crippen molar-refractivity contribution in [1.29, 1.82) is 0 Å². The lowest BCUT2D eigenvalue weighted by Crippen LogP contribution is -2.00. The van der Waals surface area contributed by atoms with Crippen LogP contribution in [0.2, 0.25) is 0 Å². The number of aromatic hydroxyl groups is 2. The van der Waals surface area contributed by atoms with Crippen molar-refractivity contribution in [2.24, 2.45) is 0 Å². The number of hydrogen-bond acceptors (Lipinski definition) is 3. The van der Waals surface area contributed by atoms with Gasteiger partial charge in [-0.05, 0) is 97.3 Å². The molecule has 0 aliphatic carbocycles. The zero-order chi connectivity index (χ0) is 23.4. The molecule has 1 aromatic carbocycles. The highest BCUT2D eigenvalue weighted by Crippen LogP contribution is 2.28. The number of rotatable bonds is 12. The van der Waals surface area contributed by atoms with Crippen LogP contribution in [-0.2, 0) is 11.2 Å². The van der Waals surface area contributed by atoms with E-state index in [1.807, 2.05) is 19.9 Å². The molecular weight excluding hydrogens is 388 g/mol. The molecule has 170 valence electrons. The van der Waals surface area contributed by atoms with Gasteiger partial charge in [0.25, 0.3) is 0 Å². The third-order valence-corrected chi connectivity index (χ3v) is 5.24. The first kappa shape index (κ1) is 26.3. The van der Waals surface area contributed by atoms with Crippen molar-refractivity contribution in [3.05, 3.63) is 69.9 Å². The monoisotopic (exact) mass is 426 g/mol. The van der Waals surface area contributed by atoms with Crippen molar-refractivity contribution in [1.82, 2.24) is 0 Å². The summed E-state index contributed by atoms with van der Waals surface area (Å²) in [6.45, 7) is 9.98. The quantitative estimate of drug-likeness (QED) is 0.188. The highest BCUT2D eigenvalue weighted by molar-refractivity contribution is 5.86. The molecule has 31 heavy (non-hydrogen) atoms. The Balaban J connectivity index is 2.50. The molecule has 0 amide bonds. The van der Waals surface area contributed by atoms with Crippen LogP contribution < -0.4 is 0 Å². The largest absolute Gasteiger partial charge is 0.508 e. The molecule has 0 radical (unpaired) electrons. The van der Waals surface area contributed by atoms with E-state index in [0.717, 1.165) is 37.7 Å². The number of carboxylic acid groups (broad SMARTS) is 1. The summed E-state index contributed by atoms with van der Waals surface area (Å²) in [7, 11) is 0. The van der Waals surface area contributed by atoms with E-state index in [1.165, 1.54) is 16.7 Å². The fourth-order valence-corrected chi connectivity index (χ4v) is 3.31. The van der Waals surface area contributed by atoms with Gasteiger partial charge in [-0.1, -0.05) is 41.0 Å². The predicted molar refractivity (Wildman–Crippen MR) is 129 cm³/mol. The molecule has 0 aromatic heterocycles. The second-order valence-corrected chi connectivity index (χ2v) is 8.51. The Morgan fingerprint density at radius 1 is 0.839 bits per heavy atom. The molecule has 1 rings (SSSR count). The van der Waals surface area contributed by atoms with Crippen molar-refractivity contribution >= 4 is 5.97 Å². The van der Waals surface area contributed by atoms with E-state index in [2.05, 4.69) is 32.1 Å². The van der Waals surface area contributed by atoms with E-state index >= 15 is 0 Å². The fraction of sp³-hybridized carbons (Fsp3) is 0.444. The molecule has 0 heterocycles. The maximum atomic E-state index is 11.4. The smallest absolute Gasteiger partial charge is 0.331 e. The molecule has 4 nitrogen and oxygen atoms in total. The lowest BCUT2D eigenvalue weighted by atomic mass is 10.0. The summed E-state index contributed by atoms with van der Waals surface area (Å²) >= 11 is 0. The summed E-state index contributed by atoms with van der Waals surface area (Å²) < 4.78 is 0. The van der Waals surface area contributed by atoms with E-state index in [1.54, 1.807) is 19.1 Å². The van der Waals surface area contributed by atoms with Crippen LogP contribution in [0.1, 0.15) is 77.3 Å². The molecule has 0 atom stereocenters. The van der Waals surface area contributed by atoms with Gasteiger partial charge in [0.1, 0.15) is 11.5 Å². The minimum absolute atomic E-state index is 0.173. The van der Waals surface area contributed by atoms with Gasteiger partial charge < -0.3 is 15.3 Å². The standard InChI is InChI=1S/C27H38O4/c1-19(2)9-6-13-23(27(30)31)14-8-12-20(3)10-7-11-21(4)15-16-24-18-25(28)17-22(5)26(24)29/h9-10,14-15,17-18,28-29H,6-8,11-13,16H2,1-5H3,(H,30,31)/b20-10+,21-15+,23-14+. The molecule has 0 unspecified atom stereocenters. The second kappa shape index (κ2) is 13.5. The number of carbonyl (C=O) groups is 1. The van der Waals surface area contributed by atoms with Gasteiger partial charge in [-0.2, -0.15) is 0 Å². The van der Waals surface area contributed by atoms with E-state index in [9.17, 15) is 20.1 Å². The number of aryl methyl sites for hydroxylation is 1. The molecule has 0 saturated carbocycles. The average Bonchev–Trinajstić information content (AvgIpc) is 2.68. The summed E-state index contributed by atoms with van der Waals surface area (Å²) in [4.78, 5) is 11.4. The Bertz CT molecular complexity index is 865. The number of allylic oxidation sites excluding steroid dienone is 7. The third-order valence-electron chi connectivity index (χ3n) is 5.24. The number of phenolic OH excluding ortho intramolecular Hbond substituents is 2. The van der Waals surface area contributed by atoms with Gasteiger partial charge in [-0.15, -0.1) is 0 Å². The average molecular weight is 427 g/mol. The Morgan fingerprint density at radius 3 is 2.03 bits per heavy atom. The van der Waals surface area contributed by atoms with E-state index in [4.69, 9.17) is 0 Å². The van der Waals surface area contributed by atoms with E-state index in [0.29, 0.717) is 24.0 Å². The molecule has 0 bridgehead atoms. The number of hydrogen-bond donors (Lipinski definition) is 3. The molecule has 0 aliphatic heterocycles.